The fourth-order valence-corrected chi connectivity index (χ4v) is 2.27. The fourth-order valence-electron chi connectivity index (χ4n) is 1.68. The van der Waals surface area contributed by atoms with Crippen LogP contribution < -0.4 is 5.73 Å². The zero-order chi connectivity index (χ0) is 20.1. The molecule has 0 aliphatic carbocycles. The number of carbonyl (C=O) groups excluding carboxylic acids is 1. The van der Waals surface area contributed by atoms with Gasteiger partial charge >= 0.3 is 15.6 Å². The lowest BCUT2D eigenvalue weighted by molar-refractivity contribution is -0.110. The average molecular weight is 410 g/mol. The molecule has 0 aliphatic heterocycles. The minimum atomic E-state index is -5.95. The van der Waals surface area contributed by atoms with Crippen LogP contribution in [0.15, 0.2) is 41.0 Å². The lowest BCUT2D eigenvalue weighted by Crippen LogP contribution is -2.27. The quantitative estimate of drug-likeness (QED) is 0.246. The van der Waals surface area contributed by atoms with Crippen LogP contribution in [0.4, 0.5) is 18.9 Å². The summed E-state index contributed by atoms with van der Waals surface area (Å²) < 4.78 is 64.1. The van der Waals surface area contributed by atoms with Gasteiger partial charge in [0.2, 0.25) is 5.90 Å². The molecule has 1 aromatic carbocycles. The molecule has 0 atom stereocenters. The third-order valence-corrected chi connectivity index (χ3v) is 4.06. The molecular weight excluding hydrogens is 393 g/mol. The molecule has 0 saturated carbocycles. The van der Waals surface area contributed by atoms with Crippen molar-refractivity contribution in [1.82, 2.24) is 0 Å². The highest BCUT2D eigenvalue weighted by Crippen LogP contribution is 2.26. The predicted molar refractivity (Wildman–Crippen MR) is 94.6 cm³/mol. The zero-order valence-electron chi connectivity index (χ0n) is 13.8. The number of aliphatic imine (C=N–C) groups is 1. The summed E-state index contributed by atoms with van der Waals surface area (Å²) in [5, 5.41) is -0.668. The maximum atomic E-state index is 12.5. The molecular formula is C15H17F3N2O4S2. The third-order valence-electron chi connectivity index (χ3n) is 2.94. The smallest absolute Gasteiger partial charge is 0.401 e. The second-order valence-electron chi connectivity index (χ2n) is 5.47. The van der Waals surface area contributed by atoms with Crippen LogP contribution in [0.25, 0.3) is 0 Å². The van der Waals surface area contributed by atoms with E-state index in [1.807, 2.05) is 13.8 Å². The fraction of sp³-hybridized carbons (Fsp3) is 0.333. The molecule has 11 heteroatoms. The number of carbonyl (C=O) groups is 1. The van der Waals surface area contributed by atoms with E-state index in [1.165, 1.54) is 12.1 Å². The number of thiol groups is 1. The Balaban J connectivity index is 3.28. The molecule has 0 spiro atoms. The Hall–Kier alpha value is -2.01. The van der Waals surface area contributed by atoms with E-state index in [0.29, 0.717) is 0 Å². The van der Waals surface area contributed by atoms with E-state index in [-0.39, 0.29) is 17.3 Å². The number of benzene rings is 1. The Bertz CT molecular complexity index is 814. The van der Waals surface area contributed by atoms with Crippen LogP contribution in [-0.2, 0) is 19.1 Å². The molecule has 2 N–H and O–H groups in total. The van der Waals surface area contributed by atoms with Crippen molar-refractivity contribution in [3.05, 3.63) is 41.6 Å². The summed E-state index contributed by atoms with van der Waals surface area (Å²) in [5.41, 5.74) is 0.661. The summed E-state index contributed by atoms with van der Waals surface area (Å²) in [4.78, 5) is 14.6. The molecule has 0 unspecified atom stereocenters. The van der Waals surface area contributed by atoms with Crippen LogP contribution >= 0.6 is 12.6 Å². The molecule has 0 fully saturated rings. The highest BCUT2D eigenvalue weighted by Gasteiger charge is 2.49. The summed E-state index contributed by atoms with van der Waals surface area (Å²) in [7, 11) is -5.95. The number of hydrogen-bond acceptors (Lipinski definition) is 6. The van der Waals surface area contributed by atoms with Crippen LogP contribution in [0.1, 0.15) is 31.7 Å². The number of allylic oxidation sites excluding steroid dienone is 1. The zero-order valence-corrected chi connectivity index (χ0v) is 15.5. The Morgan fingerprint density at radius 3 is 2.27 bits per heavy atom. The van der Waals surface area contributed by atoms with Gasteiger partial charge in [0.1, 0.15) is 0 Å². The lowest BCUT2D eigenvalue weighted by atomic mass is 10.0. The Morgan fingerprint density at radius 1 is 1.31 bits per heavy atom. The van der Waals surface area contributed by atoms with Gasteiger partial charge in [-0.3, -0.25) is 4.79 Å². The van der Waals surface area contributed by atoms with Crippen molar-refractivity contribution in [1.29, 1.82) is 0 Å². The van der Waals surface area contributed by atoms with Gasteiger partial charge in [-0.05, 0) is 23.6 Å². The van der Waals surface area contributed by atoms with E-state index >= 15 is 0 Å². The van der Waals surface area contributed by atoms with Crippen molar-refractivity contribution in [3.63, 3.8) is 0 Å². The van der Waals surface area contributed by atoms with Crippen LogP contribution in [0.5, 0.6) is 0 Å². The van der Waals surface area contributed by atoms with Gasteiger partial charge in [0, 0.05) is 11.8 Å². The Morgan fingerprint density at radius 2 is 1.85 bits per heavy atom. The maximum Gasteiger partial charge on any atom is 0.534 e. The first-order valence-electron chi connectivity index (χ1n) is 7.19. The summed E-state index contributed by atoms with van der Waals surface area (Å²) >= 11 is 3.48. The number of rotatable bonds is 6. The number of nitrogens with two attached hydrogens (primary N) is 1. The van der Waals surface area contributed by atoms with E-state index < -0.39 is 33.1 Å². The summed E-state index contributed by atoms with van der Waals surface area (Å²) in [6.45, 7) is 3.89. The standard InChI is InChI=1S/C15H17F3N2O4S2/c1-9(2)10-3-5-12(6-4-10)20-13(7-11(19)8-14(21)25)24-26(22,23)15(16,17)18/h3-7,9H,8,19H2,1-2H3,(H,21,25)/b11-7-,20-13?. The highest BCUT2D eigenvalue weighted by atomic mass is 32.2. The molecule has 0 saturated heterocycles. The Kier molecular flexibility index (Phi) is 7.27. The van der Waals surface area contributed by atoms with Crippen molar-refractivity contribution >= 4 is 39.4 Å². The summed E-state index contributed by atoms with van der Waals surface area (Å²) in [6.07, 6.45) is 0.303. The van der Waals surface area contributed by atoms with Gasteiger partial charge in [-0.2, -0.15) is 21.6 Å². The number of hydrogen-bond donors (Lipinski definition) is 2. The summed E-state index contributed by atoms with van der Waals surface area (Å²) in [6, 6.07) is 6.33. The van der Waals surface area contributed by atoms with E-state index in [0.717, 1.165) is 11.6 Å². The maximum absolute atomic E-state index is 12.5. The minimum Gasteiger partial charge on any atom is -0.401 e. The van der Waals surface area contributed by atoms with Crippen molar-refractivity contribution < 1.29 is 30.6 Å². The highest BCUT2D eigenvalue weighted by molar-refractivity contribution is 7.96. The van der Waals surface area contributed by atoms with Crippen LogP contribution in [0.3, 0.4) is 0 Å². The predicted octanol–water partition coefficient (Wildman–Crippen LogP) is 3.40. The first-order valence-corrected chi connectivity index (χ1v) is 9.04. The molecule has 1 rings (SSSR count). The van der Waals surface area contributed by atoms with Gasteiger partial charge in [0.25, 0.3) is 0 Å². The van der Waals surface area contributed by atoms with Crippen LogP contribution in [0.2, 0.25) is 0 Å². The lowest BCUT2D eigenvalue weighted by Gasteiger charge is -2.10. The van der Waals surface area contributed by atoms with Gasteiger partial charge in [0.05, 0.1) is 12.1 Å². The molecule has 26 heavy (non-hydrogen) atoms. The van der Waals surface area contributed by atoms with E-state index in [4.69, 9.17) is 5.73 Å². The molecule has 0 amide bonds. The largest absolute Gasteiger partial charge is 0.534 e. The first kappa shape index (κ1) is 22.0. The average Bonchev–Trinajstić information content (AvgIpc) is 2.44. The second kappa shape index (κ2) is 8.58. The monoisotopic (exact) mass is 410 g/mol. The molecule has 0 bridgehead atoms. The molecule has 1 aromatic rings. The van der Waals surface area contributed by atoms with Crippen molar-refractivity contribution in [3.8, 4) is 0 Å². The van der Waals surface area contributed by atoms with Crippen molar-refractivity contribution in [2.45, 2.75) is 31.7 Å². The normalized spacial score (nSPS) is 13.8. The molecule has 144 valence electrons. The number of nitrogens with zero attached hydrogens (tertiary/aromatic N) is 1. The van der Waals surface area contributed by atoms with Gasteiger partial charge in [-0.1, -0.05) is 26.0 Å². The third kappa shape index (κ3) is 6.71. The SMILES string of the molecule is CC(C)c1ccc(N=C(/C=C(\N)CC(=O)S)OS(=O)(=O)C(F)(F)F)cc1. The molecule has 0 aliphatic rings. The van der Waals surface area contributed by atoms with Gasteiger partial charge in [-0.15, -0.1) is 12.6 Å². The van der Waals surface area contributed by atoms with Crippen molar-refractivity contribution in [2.75, 3.05) is 0 Å². The summed E-state index contributed by atoms with van der Waals surface area (Å²) in [5.74, 6) is -0.710. The van der Waals surface area contributed by atoms with Crippen molar-refractivity contribution in [2.24, 2.45) is 10.7 Å². The topological polar surface area (TPSA) is 98.8 Å². The van der Waals surface area contributed by atoms with E-state index in [9.17, 15) is 26.4 Å². The van der Waals surface area contributed by atoms with E-state index in [2.05, 4.69) is 21.8 Å². The van der Waals surface area contributed by atoms with Gasteiger partial charge < -0.3 is 9.92 Å². The first-order chi connectivity index (χ1) is 11.8. The number of halogens is 3. The second-order valence-corrected chi connectivity index (χ2v) is 7.51. The van der Waals surface area contributed by atoms with Crippen LogP contribution in [0, 0.1) is 0 Å². The van der Waals surface area contributed by atoms with Gasteiger partial charge in [-0.25, -0.2) is 4.99 Å². The minimum absolute atomic E-state index is 0.142. The molecule has 6 nitrogen and oxygen atoms in total. The van der Waals surface area contributed by atoms with E-state index in [1.54, 1.807) is 12.1 Å². The molecule has 0 aromatic heterocycles. The van der Waals surface area contributed by atoms with Gasteiger partial charge in [0.15, 0.2) is 5.12 Å². The van der Waals surface area contributed by atoms with Crippen LogP contribution in [-0.4, -0.2) is 24.9 Å². The molecule has 0 heterocycles. The molecule has 0 radical (unpaired) electrons. The Labute approximate surface area is 154 Å². The number of alkyl halides is 3.